The van der Waals surface area contributed by atoms with E-state index in [0.717, 1.165) is 5.39 Å². The molecule has 0 amide bonds. The predicted molar refractivity (Wildman–Crippen MR) is 70.7 cm³/mol. The highest BCUT2D eigenvalue weighted by molar-refractivity contribution is 5.85. The fraction of sp³-hybridized carbons (Fsp3) is 0.133. The highest BCUT2D eigenvalue weighted by atomic mass is 16.4. The van der Waals surface area contributed by atoms with Gasteiger partial charge in [-0.2, -0.15) is 0 Å². The molecule has 1 atom stereocenters. The Morgan fingerprint density at radius 2 is 1.90 bits per heavy atom. The molecule has 20 heavy (non-hydrogen) atoms. The smallest absolute Gasteiger partial charge is 0.371 e. The maximum atomic E-state index is 10.8. The molecule has 1 unspecified atom stereocenters. The van der Waals surface area contributed by atoms with E-state index in [4.69, 9.17) is 13.9 Å². The lowest BCUT2D eigenvalue weighted by Crippen LogP contribution is -1.99. The standard InChI is InChI=1S/C15H12O5/c1-8-13(9-4-2-3-5-10(9)19-8)14(16)11-6-7-12(20-11)15(17)18/h2-7,14,16H,1H3,(H,17,18). The van der Waals surface area contributed by atoms with Gasteiger partial charge in [-0.15, -0.1) is 0 Å². The van der Waals surface area contributed by atoms with Gasteiger partial charge in [0.25, 0.3) is 0 Å². The van der Waals surface area contributed by atoms with Gasteiger partial charge in [0.1, 0.15) is 23.2 Å². The predicted octanol–water partition coefficient (Wildman–Crippen LogP) is 3.11. The molecule has 3 rings (SSSR count). The molecule has 3 aromatic rings. The van der Waals surface area contributed by atoms with Crippen LogP contribution in [0.5, 0.6) is 0 Å². The number of hydrogen-bond donors (Lipinski definition) is 2. The molecule has 0 aliphatic carbocycles. The number of furan rings is 2. The monoisotopic (exact) mass is 272 g/mol. The second-order valence-corrected chi connectivity index (χ2v) is 4.48. The highest BCUT2D eigenvalue weighted by Crippen LogP contribution is 2.34. The molecule has 0 saturated carbocycles. The van der Waals surface area contributed by atoms with Crippen molar-refractivity contribution >= 4 is 16.9 Å². The summed E-state index contributed by atoms with van der Waals surface area (Å²) in [6.45, 7) is 1.75. The first kappa shape index (κ1) is 12.5. The fourth-order valence-electron chi connectivity index (χ4n) is 2.28. The van der Waals surface area contributed by atoms with Crippen molar-refractivity contribution in [2.24, 2.45) is 0 Å². The molecule has 0 saturated heterocycles. The van der Waals surface area contributed by atoms with Crippen LogP contribution >= 0.6 is 0 Å². The number of carboxylic acids is 1. The zero-order valence-electron chi connectivity index (χ0n) is 10.7. The number of aromatic carboxylic acids is 1. The van der Waals surface area contributed by atoms with Gasteiger partial charge in [-0.1, -0.05) is 18.2 Å². The van der Waals surface area contributed by atoms with Gasteiger partial charge in [-0.3, -0.25) is 0 Å². The van der Waals surface area contributed by atoms with Gasteiger partial charge >= 0.3 is 5.97 Å². The van der Waals surface area contributed by atoms with E-state index in [0.29, 0.717) is 16.9 Å². The summed E-state index contributed by atoms with van der Waals surface area (Å²) in [4.78, 5) is 10.8. The van der Waals surface area contributed by atoms with E-state index >= 15 is 0 Å². The minimum Gasteiger partial charge on any atom is -0.475 e. The summed E-state index contributed by atoms with van der Waals surface area (Å²) in [5.74, 6) is -0.620. The summed E-state index contributed by atoms with van der Waals surface area (Å²) in [7, 11) is 0. The number of rotatable bonds is 3. The molecule has 0 aliphatic rings. The SMILES string of the molecule is Cc1oc2ccccc2c1C(O)c1ccc(C(=O)O)o1. The number of aliphatic hydroxyl groups is 1. The molecule has 0 aliphatic heterocycles. The topological polar surface area (TPSA) is 83.8 Å². The van der Waals surface area contributed by atoms with Crippen molar-refractivity contribution in [3.8, 4) is 0 Å². The van der Waals surface area contributed by atoms with Crippen molar-refractivity contribution in [3.63, 3.8) is 0 Å². The van der Waals surface area contributed by atoms with Crippen LogP contribution in [0.2, 0.25) is 0 Å². The maximum absolute atomic E-state index is 10.8. The number of benzene rings is 1. The van der Waals surface area contributed by atoms with Crippen LogP contribution in [0.3, 0.4) is 0 Å². The first-order chi connectivity index (χ1) is 9.58. The van der Waals surface area contributed by atoms with Crippen LogP contribution in [0.25, 0.3) is 11.0 Å². The molecular weight excluding hydrogens is 260 g/mol. The zero-order chi connectivity index (χ0) is 14.3. The Morgan fingerprint density at radius 3 is 2.60 bits per heavy atom. The number of fused-ring (bicyclic) bond motifs is 1. The molecule has 2 N–H and O–H groups in total. The van der Waals surface area contributed by atoms with Crippen molar-refractivity contribution in [3.05, 3.63) is 59.2 Å². The van der Waals surface area contributed by atoms with E-state index < -0.39 is 12.1 Å². The van der Waals surface area contributed by atoms with Gasteiger partial charge in [0, 0.05) is 10.9 Å². The summed E-state index contributed by atoms with van der Waals surface area (Å²) in [5.41, 5.74) is 1.26. The van der Waals surface area contributed by atoms with Gasteiger partial charge in [-0.05, 0) is 25.1 Å². The Balaban J connectivity index is 2.09. The summed E-state index contributed by atoms with van der Waals surface area (Å²) in [6, 6.07) is 10.1. The first-order valence-corrected chi connectivity index (χ1v) is 6.07. The van der Waals surface area contributed by atoms with Gasteiger partial charge < -0.3 is 19.0 Å². The van der Waals surface area contributed by atoms with Crippen LogP contribution in [0.1, 0.15) is 33.7 Å². The number of para-hydroxylation sites is 1. The minimum atomic E-state index is -1.17. The van der Waals surface area contributed by atoms with E-state index in [1.54, 1.807) is 6.92 Å². The Morgan fingerprint density at radius 1 is 1.15 bits per heavy atom. The fourth-order valence-corrected chi connectivity index (χ4v) is 2.28. The molecule has 5 nitrogen and oxygen atoms in total. The molecule has 5 heteroatoms. The van der Waals surface area contributed by atoms with Gasteiger partial charge in [0.15, 0.2) is 0 Å². The van der Waals surface area contributed by atoms with Gasteiger partial charge in [0.2, 0.25) is 5.76 Å². The van der Waals surface area contributed by atoms with E-state index in [2.05, 4.69) is 0 Å². The third-order valence-corrected chi connectivity index (χ3v) is 3.20. The molecule has 2 aromatic heterocycles. The Kier molecular flexibility index (Phi) is 2.84. The third kappa shape index (κ3) is 1.88. The van der Waals surface area contributed by atoms with Crippen LogP contribution in [0, 0.1) is 6.92 Å². The average molecular weight is 272 g/mol. The van der Waals surface area contributed by atoms with Crippen molar-refractivity contribution in [2.45, 2.75) is 13.0 Å². The average Bonchev–Trinajstić information content (AvgIpc) is 3.01. The molecule has 0 bridgehead atoms. The lowest BCUT2D eigenvalue weighted by molar-refractivity contribution is 0.0655. The molecule has 1 aromatic carbocycles. The Bertz CT molecular complexity index is 781. The van der Waals surface area contributed by atoms with Gasteiger partial charge in [0.05, 0.1) is 0 Å². The molecule has 0 fully saturated rings. The van der Waals surface area contributed by atoms with Crippen molar-refractivity contribution in [2.75, 3.05) is 0 Å². The van der Waals surface area contributed by atoms with Crippen LogP contribution in [0.15, 0.2) is 45.2 Å². The second kappa shape index (κ2) is 4.54. The Labute approximate surface area is 114 Å². The van der Waals surface area contributed by atoms with E-state index in [-0.39, 0.29) is 11.5 Å². The zero-order valence-corrected chi connectivity index (χ0v) is 10.7. The van der Waals surface area contributed by atoms with Crippen molar-refractivity contribution < 1.29 is 23.8 Å². The summed E-state index contributed by atoms with van der Waals surface area (Å²) >= 11 is 0. The number of carbonyl (C=O) groups is 1. The quantitative estimate of drug-likeness (QED) is 0.765. The summed E-state index contributed by atoms with van der Waals surface area (Å²) < 4.78 is 10.7. The molecule has 0 spiro atoms. The van der Waals surface area contributed by atoms with E-state index in [9.17, 15) is 9.90 Å². The minimum absolute atomic E-state index is 0.178. The summed E-state index contributed by atoms with van der Waals surface area (Å²) in [5, 5.41) is 20.0. The summed E-state index contributed by atoms with van der Waals surface area (Å²) in [6.07, 6.45) is -1.06. The van der Waals surface area contributed by atoms with E-state index in [1.807, 2.05) is 24.3 Å². The normalized spacial score (nSPS) is 12.7. The molecule has 0 radical (unpaired) electrons. The number of aryl methyl sites for hydroxylation is 1. The van der Waals surface area contributed by atoms with E-state index in [1.165, 1.54) is 12.1 Å². The number of aliphatic hydroxyl groups excluding tert-OH is 1. The number of hydrogen-bond acceptors (Lipinski definition) is 4. The molecular formula is C15H12O5. The Hall–Kier alpha value is -2.53. The van der Waals surface area contributed by atoms with Crippen LogP contribution in [-0.4, -0.2) is 16.2 Å². The molecule has 2 heterocycles. The third-order valence-electron chi connectivity index (χ3n) is 3.20. The molecule has 102 valence electrons. The van der Waals surface area contributed by atoms with Crippen LogP contribution < -0.4 is 0 Å². The largest absolute Gasteiger partial charge is 0.475 e. The first-order valence-electron chi connectivity index (χ1n) is 6.07. The van der Waals surface area contributed by atoms with Crippen molar-refractivity contribution in [1.29, 1.82) is 0 Å². The van der Waals surface area contributed by atoms with Crippen LogP contribution in [0.4, 0.5) is 0 Å². The van der Waals surface area contributed by atoms with Crippen molar-refractivity contribution in [1.82, 2.24) is 0 Å². The second-order valence-electron chi connectivity index (χ2n) is 4.48. The highest BCUT2D eigenvalue weighted by Gasteiger charge is 2.23. The maximum Gasteiger partial charge on any atom is 0.371 e. The van der Waals surface area contributed by atoms with Crippen LogP contribution in [-0.2, 0) is 0 Å². The van der Waals surface area contributed by atoms with Gasteiger partial charge in [-0.25, -0.2) is 4.79 Å². The lowest BCUT2D eigenvalue weighted by atomic mass is 10.0. The number of carboxylic acid groups (broad SMARTS) is 1. The lowest BCUT2D eigenvalue weighted by Gasteiger charge is -2.07.